The Labute approximate surface area is 155 Å². The Morgan fingerprint density at radius 2 is 1.81 bits per heavy atom. The number of rotatable bonds is 5. The van der Waals surface area contributed by atoms with Crippen molar-refractivity contribution in [2.75, 3.05) is 50.1 Å². The lowest BCUT2D eigenvalue weighted by Gasteiger charge is -2.37. The summed E-state index contributed by atoms with van der Waals surface area (Å²) in [5.41, 5.74) is 4.81. The molecule has 138 valence electrons. The van der Waals surface area contributed by atoms with Crippen LogP contribution in [0.15, 0.2) is 42.5 Å². The summed E-state index contributed by atoms with van der Waals surface area (Å²) in [7, 11) is 1.64. The van der Waals surface area contributed by atoms with E-state index < -0.39 is 0 Å². The molecule has 0 unspecified atom stereocenters. The second-order valence-electron chi connectivity index (χ2n) is 6.67. The minimum Gasteiger partial charge on any atom is -0.497 e. The van der Waals surface area contributed by atoms with Gasteiger partial charge >= 0.3 is 0 Å². The van der Waals surface area contributed by atoms with Crippen molar-refractivity contribution in [1.82, 2.24) is 4.90 Å². The number of ether oxygens (including phenoxy) is 1. The Bertz CT molecular complexity index is 768. The van der Waals surface area contributed by atoms with E-state index in [4.69, 9.17) is 4.74 Å². The summed E-state index contributed by atoms with van der Waals surface area (Å²) in [6.45, 7) is 7.86. The molecule has 0 bridgehead atoms. The van der Waals surface area contributed by atoms with Crippen LogP contribution in [0.1, 0.15) is 11.1 Å². The second kappa shape index (κ2) is 8.13. The van der Waals surface area contributed by atoms with E-state index in [1.165, 1.54) is 16.8 Å². The third kappa shape index (κ3) is 4.10. The van der Waals surface area contributed by atoms with E-state index in [1.807, 2.05) is 29.2 Å². The number of carbonyl (C=O) groups excluding carboxylic acids is 1. The van der Waals surface area contributed by atoms with Crippen LogP contribution in [0.4, 0.5) is 11.4 Å². The van der Waals surface area contributed by atoms with Crippen molar-refractivity contribution in [1.29, 1.82) is 0 Å². The first-order valence-electron chi connectivity index (χ1n) is 9.05. The van der Waals surface area contributed by atoms with Crippen molar-refractivity contribution in [3.05, 3.63) is 53.6 Å². The van der Waals surface area contributed by atoms with Gasteiger partial charge in [0.15, 0.2) is 0 Å². The molecule has 0 atom stereocenters. The van der Waals surface area contributed by atoms with Crippen molar-refractivity contribution in [3.63, 3.8) is 0 Å². The molecule has 1 N–H and O–H groups in total. The van der Waals surface area contributed by atoms with Crippen LogP contribution < -0.4 is 15.0 Å². The van der Waals surface area contributed by atoms with Crippen LogP contribution >= 0.6 is 0 Å². The van der Waals surface area contributed by atoms with Crippen LogP contribution in [0.5, 0.6) is 5.75 Å². The molecule has 0 spiro atoms. The Balaban J connectivity index is 1.52. The zero-order valence-electron chi connectivity index (χ0n) is 15.8. The molecule has 1 fully saturated rings. The summed E-state index contributed by atoms with van der Waals surface area (Å²) < 4.78 is 5.21. The second-order valence-corrected chi connectivity index (χ2v) is 6.67. The van der Waals surface area contributed by atoms with E-state index in [1.54, 1.807) is 7.11 Å². The molecular weight excluding hydrogens is 326 g/mol. The summed E-state index contributed by atoms with van der Waals surface area (Å²) >= 11 is 0. The normalized spacial score (nSPS) is 14.3. The molecule has 1 saturated heterocycles. The molecule has 26 heavy (non-hydrogen) atoms. The highest BCUT2D eigenvalue weighted by Crippen LogP contribution is 2.24. The standard InChI is InChI=1S/C21H27N3O2/c1-16-6-4-9-20(17(16)2)23-10-12-24(13-11-23)21(25)15-22-18-7-5-8-19(14-18)26-3/h4-9,14,22H,10-13,15H2,1-3H3. The number of nitrogens with one attached hydrogen (secondary N) is 1. The van der Waals surface area contributed by atoms with Crippen LogP contribution in [-0.2, 0) is 4.79 Å². The molecule has 1 aliphatic rings. The van der Waals surface area contributed by atoms with Gasteiger partial charge in [-0.1, -0.05) is 18.2 Å². The van der Waals surface area contributed by atoms with Gasteiger partial charge in [-0.3, -0.25) is 4.79 Å². The molecule has 5 heteroatoms. The van der Waals surface area contributed by atoms with Gasteiger partial charge in [0.1, 0.15) is 5.75 Å². The van der Waals surface area contributed by atoms with Gasteiger partial charge in [-0.2, -0.15) is 0 Å². The van der Waals surface area contributed by atoms with Crippen molar-refractivity contribution >= 4 is 17.3 Å². The molecule has 0 radical (unpaired) electrons. The monoisotopic (exact) mass is 353 g/mol. The van der Waals surface area contributed by atoms with E-state index in [0.717, 1.165) is 37.6 Å². The molecule has 1 aliphatic heterocycles. The van der Waals surface area contributed by atoms with Crippen LogP contribution in [0.2, 0.25) is 0 Å². The molecule has 3 rings (SSSR count). The molecule has 0 aromatic heterocycles. The van der Waals surface area contributed by atoms with Gasteiger partial charge in [0.25, 0.3) is 0 Å². The number of hydrogen-bond donors (Lipinski definition) is 1. The average molecular weight is 353 g/mol. The lowest BCUT2D eigenvalue weighted by Crippen LogP contribution is -2.50. The summed E-state index contributed by atoms with van der Waals surface area (Å²) in [6.07, 6.45) is 0. The Hall–Kier alpha value is -2.69. The third-order valence-corrected chi connectivity index (χ3v) is 5.06. The fourth-order valence-corrected chi connectivity index (χ4v) is 3.30. The predicted octanol–water partition coefficient (Wildman–Crippen LogP) is 3.07. The first-order valence-corrected chi connectivity index (χ1v) is 9.05. The van der Waals surface area contributed by atoms with Gasteiger partial charge in [0.05, 0.1) is 13.7 Å². The lowest BCUT2D eigenvalue weighted by atomic mass is 10.1. The average Bonchev–Trinajstić information content (AvgIpc) is 2.68. The quantitative estimate of drug-likeness (QED) is 0.897. The van der Waals surface area contributed by atoms with E-state index in [0.29, 0.717) is 6.54 Å². The van der Waals surface area contributed by atoms with Crippen molar-refractivity contribution in [2.45, 2.75) is 13.8 Å². The van der Waals surface area contributed by atoms with Crippen LogP contribution in [0.25, 0.3) is 0 Å². The first kappa shape index (κ1) is 18.1. The largest absolute Gasteiger partial charge is 0.497 e. The van der Waals surface area contributed by atoms with Crippen LogP contribution in [0, 0.1) is 13.8 Å². The number of hydrogen-bond acceptors (Lipinski definition) is 4. The number of aryl methyl sites for hydroxylation is 1. The van der Waals surface area contributed by atoms with E-state index in [9.17, 15) is 4.79 Å². The summed E-state index contributed by atoms with van der Waals surface area (Å²) in [5.74, 6) is 0.915. The molecule has 1 heterocycles. The zero-order chi connectivity index (χ0) is 18.5. The molecule has 0 aliphatic carbocycles. The number of amides is 1. The SMILES string of the molecule is COc1cccc(NCC(=O)N2CCN(c3cccc(C)c3C)CC2)c1. The number of methoxy groups -OCH3 is 1. The fraction of sp³-hybridized carbons (Fsp3) is 0.381. The first-order chi connectivity index (χ1) is 12.6. The predicted molar refractivity (Wildman–Crippen MR) is 106 cm³/mol. The lowest BCUT2D eigenvalue weighted by molar-refractivity contribution is -0.129. The fourth-order valence-electron chi connectivity index (χ4n) is 3.30. The molecule has 2 aromatic rings. The summed E-state index contributed by atoms with van der Waals surface area (Å²) in [4.78, 5) is 16.8. The zero-order valence-corrected chi connectivity index (χ0v) is 15.8. The van der Waals surface area contributed by atoms with Crippen LogP contribution in [0.3, 0.4) is 0 Å². The number of anilines is 2. The summed E-state index contributed by atoms with van der Waals surface area (Å²) in [6, 6.07) is 14.0. The van der Waals surface area contributed by atoms with E-state index in [-0.39, 0.29) is 5.91 Å². The highest BCUT2D eigenvalue weighted by Gasteiger charge is 2.22. The van der Waals surface area contributed by atoms with Crippen molar-refractivity contribution < 1.29 is 9.53 Å². The van der Waals surface area contributed by atoms with E-state index >= 15 is 0 Å². The number of piperazine rings is 1. The Kier molecular flexibility index (Phi) is 5.66. The number of carbonyl (C=O) groups is 1. The van der Waals surface area contributed by atoms with Gasteiger partial charge in [0.2, 0.25) is 5.91 Å². The number of benzene rings is 2. The topological polar surface area (TPSA) is 44.8 Å². The van der Waals surface area contributed by atoms with Crippen molar-refractivity contribution in [3.8, 4) is 5.75 Å². The molecule has 5 nitrogen and oxygen atoms in total. The minimum atomic E-state index is 0.133. The molecule has 0 saturated carbocycles. The highest BCUT2D eigenvalue weighted by atomic mass is 16.5. The van der Waals surface area contributed by atoms with E-state index in [2.05, 4.69) is 42.3 Å². The molecule has 2 aromatic carbocycles. The van der Waals surface area contributed by atoms with Gasteiger partial charge < -0.3 is 19.9 Å². The minimum absolute atomic E-state index is 0.133. The Morgan fingerprint density at radius 3 is 2.54 bits per heavy atom. The maximum atomic E-state index is 12.5. The third-order valence-electron chi connectivity index (χ3n) is 5.06. The van der Waals surface area contributed by atoms with Crippen LogP contribution in [-0.4, -0.2) is 50.6 Å². The smallest absolute Gasteiger partial charge is 0.241 e. The molecule has 1 amide bonds. The maximum absolute atomic E-state index is 12.5. The van der Waals surface area contributed by atoms with Gasteiger partial charge in [-0.15, -0.1) is 0 Å². The highest BCUT2D eigenvalue weighted by molar-refractivity contribution is 5.81. The maximum Gasteiger partial charge on any atom is 0.241 e. The Morgan fingerprint density at radius 1 is 1.08 bits per heavy atom. The molecular formula is C21H27N3O2. The van der Waals surface area contributed by atoms with Gasteiger partial charge in [0, 0.05) is 43.6 Å². The summed E-state index contributed by atoms with van der Waals surface area (Å²) in [5, 5.41) is 3.19. The van der Waals surface area contributed by atoms with Crippen molar-refractivity contribution in [2.24, 2.45) is 0 Å². The van der Waals surface area contributed by atoms with Gasteiger partial charge in [-0.25, -0.2) is 0 Å². The van der Waals surface area contributed by atoms with Gasteiger partial charge in [-0.05, 0) is 43.2 Å². The number of nitrogens with zero attached hydrogens (tertiary/aromatic N) is 2.